The smallest absolute Gasteiger partial charge is 0.343 e. The van der Waals surface area contributed by atoms with Gasteiger partial charge in [0.05, 0.1) is 12.2 Å². The Hall–Kier alpha value is -2.99. The summed E-state index contributed by atoms with van der Waals surface area (Å²) in [7, 11) is 1.67. The van der Waals surface area contributed by atoms with Gasteiger partial charge >= 0.3 is 5.97 Å². The van der Waals surface area contributed by atoms with Gasteiger partial charge in [-0.25, -0.2) is 9.78 Å². The minimum Gasteiger partial charge on any atom is -0.423 e. The number of hydrogen-bond acceptors (Lipinski definition) is 5. The molecule has 3 aromatic rings. The van der Waals surface area contributed by atoms with E-state index in [1.807, 2.05) is 19.1 Å². The molecule has 0 amide bonds. The van der Waals surface area contributed by atoms with Crippen molar-refractivity contribution in [1.29, 1.82) is 0 Å². The Morgan fingerprint density at radius 3 is 2.40 bits per heavy atom. The summed E-state index contributed by atoms with van der Waals surface area (Å²) in [6, 6.07) is 14.4. The van der Waals surface area contributed by atoms with Crippen molar-refractivity contribution in [1.82, 2.24) is 15.2 Å². The average molecular weight is 337 g/mol. The number of ether oxygens (including phenoxy) is 2. The van der Waals surface area contributed by atoms with Gasteiger partial charge in [0.15, 0.2) is 5.82 Å². The summed E-state index contributed by atoms with van der Waals surface area (Å²) in [4.78, 5) is 16.5. The second-order valence-electron chi connectivity index (χ2n) is 5.60. The second kappa shape index (κ2) is 7.72. The van der Waals surface area contributed by atoms with Crippen molar-refractivity contribution >= 4 is 5.97 Å². The lowest BCUT2D eigenvalue weighted by Crippen LogP contribution is -2.08. The summed E-state index contributed by atoms with van der Waals surface area (Å²) in [5.74, 6) is 1.46. The van der Waals surface area contributed by atoms with E-state index in [1.54, 1.807) is 43.5 Å². The highest BCUT2D eigenvalue weighted by atomic mass is 16.5. The van der Waals surface area contributed by atoms with Gasteiger partial charge in [-0.1, -0.05) is 24.3 Å². The summed E-state index contributed by atoms with van der Waals surface area (Å²) in [6.45, 7) is 2.50. The molecule has 0 aliphatic carbocycles. The number of rotatable bonds is 6. The van der Waals surface area contributed by atoms with E-state index >= 15 is 0 Å². The molecule has 0 fully saturated rings. The number of carbonyl (C=O) groups excluding carboxylic acids is 1. The fourth-order valence-electron chi connectivity index (χ4n) is 2.34. The zero-order valence-corrected chi connectivity index (χ0v) is 14.2. The monoisotopic (exact) mass is 337 g/mol. The Bertz CT molecular complexity index is 839. The molecule has 1 aromatic heterocycles. The van der Waals surface area contributed by atoms with Gasteiger partial charge in [-0.2, -0.15) is 5.10 Å². The second-order valence-corrected chi connectivity index (χ2v) is 5.60. The molecule has 0 radical (unpaired) electrons. The van der Waals surface area contributed by atoms with Crippen molar-refractivity contribution in [3.05, 3.63) is 65.5 Å². The van der Waals surface area contributed by atoms with Gasteiger partial charge < -0.3 is 9.47 Å². The molecule has 0 saturated heterocycles. The third kappa shape index (κ3) is 4.30. The molecule has 6 heteroatoms. The zero-order valence-electron chi connectivity index (χ0n) is 14.2. The van der Waals surface area contributed by atoms with Crippen LogP contribution in [0.4, 0.5) is 0 Å². The molecular formula is C19H19N3O3. The van der Waals surface area contributed by atoms with Crippen molar-refractivity contribution in [2.45, 2.75) is 13.3 Å². The molecule has 1 N–H and O–H groups in total. The van der Waals surface area contributed by atoms with Crippen LogP contribution in [0.25, 0.3) is 11.4 Å². The molecule has 0 atom stereocenters. The molecule has 0 aliphatic heterocycles. The van der Waals surface area contributed by atoms with E-state index in [0.29, 0.717) is 23.7 Å². The molecule has 0 bridgehead atoms. The minimum absolute atomic E-state index is 0.401. The maximum atomic E-state index is 12.2. The van der Waals surface area contributed by atoms with Gasteiger partial charge in [-0.15, -0.1) is 0 Å². The summed E-state index contributed by atoms with van der Waals surface area (Å²) in [5, 5.41) is 6.89. The van der Waals surface area contributed by atoms with Crippen LogP contribution in [0.3, 0.4) is 0 Å². The fraction of sp³-hybridized carbons (Fsp3) is 0.211. The first-order chi connectivity index (χ1) is 12.2. The normalized spacial score (nSPS) is 10.6. The topological polar surface area (TPSA) is 77.1 Å². The third-order valence-electron chi connectivity index (χ3n) is 3.70. The van der Waals surface area contributed by atoms with Crippen molar-refractivity contribution in [3.8, 4) is 17.1 Å². The van der Waals surface area contributed by atoms with Crippen molar-refractivity contribution in [2.24, 2.45) is 0 Å². The van der Waals surface area contributed by atoms with E-state index in [-0.39, 0.29) is 0 Å². The van der Waals surface area contributed by atoms with Crippen LogP contribution in [0.2, 0.25) is 0 Å². The van der Waals surface area contributed by atoms with E-state index < -0.39 is 5.97 Å². The molecule has 3 rings (SSSR count). The van der Waals surface area contributed by atoms with Crippen molar-refractivity contribution < 1.29 is 14.3 Å². The standard InChI is InChI=1S/C19H19N3O3/c1-13-20-18(22-21-13)15-5-7-16(8-6-15)19(23)25-17-9-3-14(4-10-17)11-12-24-2/h3-10H,11-12H2,1-2H3,(H,20,21,22). The molecule has 0 unspecified atom stereocenters. The highest BCUT2D eigenvalue weighted by Gasteiger charge is 2.10. The minimum atomic E-state index is -0.401. The highest BCUT2D eigenvalue weighted by Crippen LogP contribution is 2.18. The van der Waals surface area contributed by atoms with Crippen LogP contribution in [-0.4, -0.2) is 34.9 Å². The zero-order chi connectivity index (χ0) is 17.6. The van der Waals surface area contributed by atoms with Crippen LogP contribution in [0, 0.1) is 6.92 Å². The van der Waals surface area contributed by atoms with Crippen LogP contribution >= 0.6 is 0 Å². The van der Waals surface area contributed by atoms with Crippen LogP contribution in [0.15, 0.2) is 48.5 Å². The number of hydrogen-bond donors (Lipinski definition) is 1. The Labute approximate surface area is 145 Å². The summed E-state index contributed by atoms with van der Waals surface area (Å²) >= 11 is 0. The molecule has 0 aliphatic rings. The SMILES string of the molecule is COCCc1ccc(OC(=O)c2ccc(-c3n[nH]c(C)n3)cc2)cc1. The summed E-state index contributed by atoms with van der Waals surface area (Å²) < 4.78 is 10.4. The molecule has 128 valence electrons. The van der Waals surface area contributed by atoms with E-state index in [1.165, 1.54) is 0 Å². The van der Waals surface area contributed by atoms with E-state index in [9.17, 15) is 4.79 Å². The summed E-state index contributed by atoms with van der Waals surface area (Å²) in [5.41, 5.74) is 2.44. The Kier molecular flexibility index (Phi) is 5.20. The van der Waals surface area contributed by atoms with Gasteiger partial charge in [0, 0.05) is 12.7 Å². The number of aryl methyl sites for hydroxylation is 1. The first-order valence-electron chi connectivity index (χ1n) is 7.95. The summed E-state index contributed by atoms with van der Waals surface area (Å²) in [6.07, 6.45) is 0.826. The van der Waals surface area contributed by atoms with Gasteiger partial charge in [-0.05, 0) is 43.2 Å². The number of nitrogens with one attached hydrogen (secondary N) is 1. The molecule has 1 heterocycles. The number of H-pyrrole nitrogens is 1. The first-order valence-corrected chi connectivity index (χ1v) is 7.95. The largest absolute Gasteiger partial charge is 0.423 e. The number of carbonyl (C=O) groups is 1. The highest BCUT2D eigenvalue weighted by molar-refractivity contribution is 5.91. The Morgan fingerprint density at radius 1 is 1.08 bits per heavy atom. The van der Waals surface area contributed by atoms with Crippen LogP contribution in [-0.2, 0) is 11.2 Å². The predicted octanol–water partition coefficient (Wildman–Crippen LogP) is 3.19. The lowest BCUT2D eigenvalue weighted by atomic mass is 10.1. The number of esters is 1. The molecule has 6 nitrogen and oxygen atoms in total. The van der Waals surface area contributed by atoms with Gasteiger partial charge in [0.1, 0.15) is 11.6 Å². The maximum Gasteiger partial charge on any atom is 0.343 e. The number of benzene rings is 2. The molecule has 2 aromatic carbocycles. The molecule has 0 saturated carbocycles. The van der Waals surface area contributed by atoms with Crippen molar-refractivity contribution in [2.75, 3.05) is 13.7 Å². The molecular weight excluding hydrogens is 318 g/mol. The molecule has 25 heavy (non-hydrogen) atoms. The van der Waals surface area contributed by atoms with Crippen molar-refractivity contribution in [3.63, 3.8) is 0 Å². The Balaban J connectivity index is 1.64. The quantitative estimate of drug-likeness (QED) is 0.552. The number of nitrogens with zero attached hydrogens (tertiary/aromatic N) is 2. The lowest BCUT2D eigenvalue weighted by molar-refractivity contribution is 0.0734. The lowest BCUT2D eigenvalue weighted by Gasteiger charge is -2.06. The fourth-order valence-corrected chi connectivity index (χ4v) is 2.34. The van der Waals surface area contributed by atoms with Gasteiger partial charge in [-0.3, -0.25) is 5.10 Å². The first kappa shape index (κ1) is 16.9. The number of aromatic nitrogens is 3. The molecule has 0 spiro atoms. The van der Waals surface area contributed by atoms with Crippen LogP contribution < -0.4 is 4.74 Å². The third-order valence-corrected chi connectivity index (χ3v) is 3.70. The number of aromatic amines is 1. The van der Waals surface area contributed by atoms with Crippen LogP contribution in [0.5, 0.6) is 5.75 Å². The van der Waals surface area contributed by atoms with E-state index in [4.69, 9.17) is 9.47 Å². The maximum absolute atomic E-state index is 12.2. The average Bonchev–Trinajstić information content (AvgIpc) is 3.07. The number of methoxy groups -OCH3 is 1. The Morgan fingerprint density at radius 2 is 1.80 bits per heavy atom. The predicted molar refractivity (Wildman–Crippen MR) is 93.5 cm³/mol. The van der Waals surface area contributed by atoms with Crippen LogP contribution in [0.1, 0.15) is 21.7 Å². The van der Waals surface area contributed by atoms with E-state index in [2.05, 4.69) is 15.2 Å². The van der Waals surface area contributed by atoms with E-state index in [0.717, 1.165) is 23.4 Å². The van der Waals surface area contributed by atoms with Gasteiger partial charge in [0.2, 0.25) is 0 Å². The van der Waals surface area contributed by atoms with Gasteiger partial charge in [0.25, 0.3) is 0 Å².